The minimum atomic E-state index is -4.42. The van der Waals surface area contributed by atoms with E-state index in [-0.39, 0.29) is 29.4 Å². The van der Waals surface area contributed by atoms with Crippen LogP contribution in [-0.2, 0) is 11.2 Å². The minimum Gasteiger partial charge on any atom is -0.484 e. The van der Waals surface area contributed by atoms with Crippen molar-refractivity contribution in [2.24, 2.45) is 5.92 Å². The van der Waals surface area contributed by atoms with Crippen LogP contribution in [0, 0.1) is 5.92 Å². The summed E-state index contributed by atoms with van der Waals surface area (Å²) in [5.74, 6) is 0.0261. The van der Waals surface area contributed by atoms with Crippen molar-refractivity contribution in [1.82, 2.24) is 10.3 Å². The molecule has 0 radical (unpaired) electrons. The molecule has 1 N–H and O–H groups in total. The lowest BCUT2D eigenvalue weighted by atomic mass is 10.0. The van der Waals surface area contributed by atoms with E-state index in [1.807, 2.05) is 0 Å². The van der Waals surface area contributed by atoms with E-state index in [1.54, 1.807) is 25.3 Å². The Hall–Kier alpha value is -2.90. The van der Waals surface area contributed by atoms with Gasteiger partial charge in [-0.2, -0.15) is 13.2 Å². The van der Waals surface area contributed by atoms with Crippen molar-refractivity contribution < 1.29 is 27.5 Å². The minimum absolute atomic E-state index is 0.0334. The van der Waals surface area contributed by atoms with Gasteiger partial charge in [0.15, 0.2) is 6.61 Å². The van der Waals surface area contributed by atoms with Crippen molar-refractivity contribution in [3.63, 3.8) is 0 Å². The summed E-state index contributed by atoms with van der Waals surface area (Å²) in [5, 5.41) is 2.83. The maximum atomic E-state index is 12.4. The SMILES string of the molecule is CC(NC(=O)c1ccc(OCC(F)(F)F)cc1)c1ccnc(CC(=O)C2CC2)c1. The Bertz CT molecular complexity index is 877. The molecule has 29 heavy (non-hydrogen) atoms. The molecule has 1 amide bonds. The Balaban J connectivity index is 1.57. The highest BCUT2D eigenvalue weighted by Crippen LogP contribution is 2.31. The van der Waals surface area contributed by atoms with Gasteiger partial charge < -0.3 is 10.1 Å². The quantitative estimate of drug-likeness (QED) is 0.719. The molecule has 1 atom stereocenters. The Labute approximate surface area is 166 Å². The zero-order valence-corrected chi connectivity index (χ0v) is 15.8. The summed E-state index contributed by atoms with van der Waals surface area (Å²) in [7, 11) is 0. The van der Waals surface area contributed by atoms with Gasteiger partial charge in [-0.15, -0.1) is 0 Å². The van der Waals surface area contributed by atoms with Crippen LogP contribution in [0.1, 0.15) is 47.4 Å². The lowest BCUT2D eigenvalue weighted by Gasteiger charge is -2.15. The van der Waals surface area contributed by atoms with Gasteiger partial charge in [-0.1, -0.05) is 0 Å². The predicted molar refractivity (Wildman–Crippen MR) is 99.5 cm³/mol. The maximum Gasteiger partial charge on any atom is 0.422 e. The number of carbonyl (C=O) groups excluding carboxylic acids is 2. The first-order chi connectivity index (χ1) is 13.7. The van der Waals surface area contributed by atoms with Gasteiger partial charge in [0.2, 0.25) is 0 Å². The van der Waals surface area contributed by atoms with Crippen molar-refractivity contribution in [1.29, 1.82) is 0 Å². The van der Waals surface area contributed by atoms with Gasteiger partial charge in [-0.05, 0) is 61.7 Å². The molecule has 0 saturated heterocycles. The van der Waals surface area contributed by atoms with E-state index >= 15 is 0 Å². The first-order valence-electron chi connectivity index (χ1n) is 9.29. The molecular weight excluding hydrogens is 385 g/mol. The molecule has 1 unspecified atom stereocenters. The van der Waals surface area contributed by atoms with Crippen LogP contribution in [0.15, 0.2) is 42.6 Å². The van der Waals surface area contributed by atoms with E-state index in [0.29, 0.717) is 17.7 Å². The molecule has 1 saturated carbocycles. The average molecular weight is 406 g/mol. The van der Waals surface area contributed by atoms with E-state index in [9.17, 15) is 22.8 Å². The first kappa shape index (κ1) is 20.8. The molecule has 154 valence electrons. The fraction of sp³-hybridized carbons (Fsp3) is 0.381. The number of benzene rings is 1. The van der Waals surface area contributed by atoms with E-state index in [4.69, 9.17) is 0 Å². The Morgan fingerprint density at radius 3 is 2.52 bits per heavy atom. The second-order valence-electron chi connectivity index (χ2n) is 7.12. The van der Waals surface area contributed by atoms with Gasteiger partial charge in [0.05, 0.1) is 6.04 Å². The van der Waals surface area contributed by atoms with Crippen LogP contribution >= 0.6 is 0 Å². The van der Waals surface area contributed by atoms with Crippen LogP contribution in [0.2, 0.25) is 0 Å². The zero-order valence-electron chi connectivity index (χ0n) is 15.8. The summed E-state index contributed by atoms with van der Waals surface area (Å²) >= 11 is 0. The summed E-state index contributed by atoms with van der Waals surface area (Å²) < 4.78 is 41.2. The van der Waals surface area contributed by atoms with Gasteiger partial charge in [0.1, 0.15) is 11.5 Å². The molecule has 2 aromatic rings. The van der Waals surface area contributed by atoms with Gasteiger partial charge in [-0.25, -0.2) is 0 Å². The summed E-state index contributed by atoms with van der Waals surface area (Å²) in [6.45, 7) is 0.420. The van der Waals surface area contributed by atoms with Crippen molar-refractivity contribution in [2.45, 2.75) is 38.4 Å². The van der Waals surface area contributed by atoms with Gasteiger partial charge in [0, 0.05) is 29.8 Å². The number of aromatic nitrogens is 1. The number of Topliss-reactive ketones (excluding diaryl/α,β-unsaturated/α-hetero) is 1. The number of carbonyl (C=O) groups is 2. The van der Waals surface area contributed by atoms with Crippen LogP contribution in [0.4, 0.5) is 13.2 Å². The largest absolute Gasteiger partial charge is 0.484 e. The number of nitrogens with zero attached hydrogens (tertiary/aromatic N) is 1. The lowest BCUT2D eigenvalue weighted by molar-refractivity contribution is -0.153. The molecule has 1 aromatic carbocycles. The van der Waals surface area contributed by atoms with Gasteiger partial charge >= 0.3 is 6.18 Å². The van der Waals surface area contributed by atoms with E-state index in [0.717, 1.165) is 18.4 Å². The van der Waals surface area contributed by atoms with Crippen molar-refractivity contribution in [3.05, 3.63) is 59.4 Å². The number of pyridine rings is 1. The van der Waals surface area contributed by atoms with Crippen molar-refractivity contribution >= 4 is 11.7 Å². The number of halogens is 3. The summed E-state index contributed by atoms with van der Waals surface area (Å²) in [6, 6.07) is 8.68. The third kappa shape index (κ3) is 6.30. The van der Waals surface area contributed by atoms with Crippen LogP contribution in [-0.4, -0.2) is 29.5 Å². The molecule has 1 aliphatic carbocycles. The number of ether oxygens (including phenoxy) is 1. The zero-order chi connectivity index (χ0) is 21.0. The topological polar surface area (TPSA) is 68.3 Å². The Morgan fingerprint density at radius 2 is 1.90 bits per heavy atom. The Kier molecular flexibility index (Phi) is 6.20. The normalized spacial score (nSPS) is 14.9. The molecular formula is C21H21F3N2O3. The highest BCUT2D eigenvalue weighted by molar-refractivity contribution is 5.94. The maximum absolute atomic E-state index is 12.4. The van der Waals surface area contributed by atoms with Gasteiger partial charge in [0.25, 0.3) is 5.91 Å². The molecule has 1 aliphatic rings. The van der Waals surface area contributed by atoms with Gasteiger partial charge in [-0.3, -0.25) is 14.6 Å². The molecule has 1 aromatic heterocycles. The fourth-order valence-corrected chi connectivity index (χ4v) is 2.82. The molecule has 3 rings (SSSR count). The van der Waals surface area contributed by atoms with Crippen LogP contribution in [0.3, 0.4) is 0 Å². The molecule has 0 spiro atoms. The van der Waals surface area contributed by atoms with E-state index < -0.39 is 12.8 Å². The highest BCUT2D eigenvalue weighted by Gasteiger charge is 2.29. The standard InChI is InChI=1S/C21H21F3N2O3/c1-13(16-8-9-25-17(10-16)11-19(27)14-2-3-14)26-20(28)15-4-6-18(7-5-15)29-12-21(22,23)24/h4-10,13-14H,2-3,11-12H2,1H3,(H,26,28). The fourth-order valence-electron chi connectivity index (χ4n) is 2.82. The molecule has 5 nitrogen and oxygen atoms in total. The van der Waals surface area contributed by atoms with Crippen LogP contribution in [0.5, 0.6) is 5.75 Å². The second kappa shape index (κ2) is 8.63. The molecule has 1 heterocycles. The third-order valence-electron chi connectivity index (χ3n) is 4.60. The number of rotatable bonds is 8. The molecule has 0 bridgehead atoms. The monoisotopic (exact) mass is 406 g/mol. The van der Waals surface area contributed by atoms with E-state index in [2.05, 4.69) is 15.0 Å². The molecule has 8 heteroatoms. The summed E-state index contributed by atoms with van der Waals surface area (Å²) in [5.41, 5.74) is 1.79. The van der Waals surface area contributed by atoms with Crippen LogP contribution < -0.4 is 10.1 Å². The average Bonchev–Trinajstić information content (AvgIpc) is 3.52. The third-order valence-corrected chi connectivity index (χ3v) is 4.60. The smallest absolute Gasteiger partial charge is 0.422 e. The van der Waals surface area contributed by atoms with Crippen molar-refractivity contribution in [2.75, 3.05) is 6.61 Å². The number of ketones is 1. The Morgan fingerprint density at radius 1 is 1.21 bits per heavy atom. The summed E-state index contributed by atoms with van der Waals surface area (Å²) in [4.78, 5) is 28.6. The highest BCUT2D eigenvalue weighted by atomic mass is 19.4. The number of alkyl halides is 3. The summed E-state index contributed by atoms with van der Waals surface area (Å²) in [6.07, 6.45) is -0.618. The van der Waals surface area contributed by atoms with Crippen LogP contribution in [0.25, 0.3) is 0 Å². The van der Waals surface area contributed by atoms with E-state index in [1.165, 1.54) is 24.3 Å². The number of amides is 1. The number of nitrogens with one attached hydrogen (secondary N) is 1. The first-order valence-corrected chi connectivity index (χ1v) is 9.29. The predicted octanol–water partition coefficient (Wildman–Crippen LogP) is 4.04. The lowest BCUT2D eigenvalue weighted by Crippen LogP contribution is -2.26. The second-order valence-corrected chi connectivity index (χ2v) is 7.12. The molecule has 1 fully saturated rings. The number of hydrogen-bond acceptors (Lipinski definition) is 4. The molecule has 0 aliphatic heterocycles. The van der Waals surface area contributed by atoms with Crippen molar-refractivity contribution in [3.8, 4) is 5.75 Å². The number of hydrogen-bond donors (Lipinski definition) is 1.